The highest BCUT2D eigenvalue weighted by Gasteiger charge is 1.98. The smallest absolute Gasteiger partial charge is 0.251 e. The third-order valence-electron chi connectivity index (χ3n) is 3.46. The SMILES string of the molecule is CC(C)c1ccc(/C=C/c2ccn(CCN)c(=O)c2)cc1. The molecule has 2 aromatic rings. The van der Waals surface area contributed by atoms with Gasteiger partial charge in [-0.25, -0.2) is 0 Å². The zero-order valence-electron chi connectivity index (χ0n) is 12.6. The molecule has 3 heteroatoms. The Kier molecular flexibility index (Phi) is 5.12. The number of rotatable bonds is 5. The Bertz CT molecular complexity index is 666. The topological polar surface area (TPSA) is 48.0 Å². The first-order valence-electron chi connectivity index (χ1n) is 7.29. The average molecular weight is 282 g/mol. The van der Waals surface area contributed by atoms with Gasteiger partial charge in [0, 0.05) is 25.4 Å². The summed E-state index contributed by atoms with van der Waals surface area (Å²) >= 11 is 0. The Morgan fingerprint density at radius 2 is 1.76 bits per heavy atom. The number of pyridine rings is 1. The second-order valence-corrected chi connectivity index (χ2v) is 5.44. The largest absolute Gasteiger partial charge is 0.329 e. The molecule has 0 amide bonds. The standard InChI is InChI=1S/C18H22N2O/c1-14(2)17-7-5-15(6-8-17)3-4-16-9-11-20(12-10-19)18(21)13-16/h3-9,11,13-14H,10,12,19H2,1-2H3/b4-3+. The molecular formula is C18H22N2O. The fourth-order valence-electron chi connectivity index (χ4n) is 2.14. The number of aromatic nitrogens is 1. The molecule has 2 N–H and O–H groups in total. The molecule has 0 radical (unpaired) electrons. The van der Waals surface area contributed by atoms with Crippen LogP contribution in [-0.2, 0) is 6.54 Å². The minimum atomic E-state index is -0.0160. The molecule has 0 spiro atoms. The molecule has 21 heavy (non-hydrogen) atoms. The monoisotopic (exact) mass is 282 g/mol. The molecule has 0 aliphatic heterocycles. The van der Waals surface area contributed by atoms with Crippen molar-refractivity contribution in [1.82, 2.24) is 4.57 Å². The molecular weight excluding hydrogens is 260 g/mol. The highest BCUT2D eigenvalue weighted by atomic mass is 16.1. The summed E-state index contributed by atoms with van der Waals surface area (Å²) in [6.45, 7) is 5.39. The van der Waals surface area contributed by atoms with E-state index in [0.29, 0.717) is 19.0 Å². The van der Waals surface area contributed by atoms with Crippen LogP contribution in [0.5, 0.6) is 0 Å². The van der Waals surface area contributed by atoms with E-state index in [0.717, 1.165) is 11.1 Å². The van der Waals surface area contributed by atoms with Crippen LogP contribution in [0, 0.1) is 0 Å². The highest BCUT2D eigenvalue weighted by Crippen LogP contribution is 2.15. The Labute approximate surface area is 125 Å². The maximum Gasteiger partial charge on any atom is 0.251 e. The van der Waals surface area contributed by atoms with Gasteiger partial charge in [-0.05, 0) is 28.7 Å². The van der Waals surface area contributed by atoms with Crippen LogP contribution in [0.15, 0.2) is 47.4 Å². The number of hydrogen-bond acceptors (Lipinski definition) is 2. The van der Waals surface area contributed by atoms with Crippen LogP contribution in [-0.4, -0.2) is 11.1 Å². The Morgan fingerprint density at radius 3 is 2.33 bits per heavy atom. The van der Waals surface area contributed by atoms with Crippen molar-refractivity contribution in [3.8, 4) is 0 Å². The van der Waals surface area contributed by atoms with Crippen LogP contribution in [0.4, 0.5) is 0 Å². The molecule has 0 atom stereocenters. The van der Waals surface area contributed by atoms with Crippen molar-refractivity contribution < 1.29 is 0 Å². The van der Waals surface area contributed by atoms with Gasteiger partial charge in [-0.2, -0.15) is 0 Å². The van der Waals surface area contributed by atoms with E-state index in [-0.39, 0.29) is 5.56 Å². The summed E-state index contributed by atoms with van der Waals surface area (Å²) in [6.07, 6.45) is 5.77. The first-order chi connectivity index (χ1) is 10.1. The lowest BCUT2D eigenvalue weighted by Gasteiger charge is -2.05. The van der Waals surface area contributed by atoms with E-state index in [2.05, 4.69) is 38.1 Å². The van der Waals surface area contributed by atoms with Gasteiger partial charge in [-0.3, -0.25) is 4.79 Å². The van der Waals surface area contributed by atoms with Crippen LogP contribution in [0.3, 0.4) is 0 Å². The predicted octanol–water partition coefficient (Wildman–Crippen LogP) is 3.10. The summed E-state index contributed by atoms with van der Waals surface area (Å²) in [4.78, 5) is 11.8. The summed E-state index contributed by atoms with van der Waals surface area (Å²) in [5.41, 5.74) is 8.81. The van der Waals surface area contributed by atoms with E-state index in [1.54, 1.807) is 16.8 Å². The molecule has 3 nitrogen and oxygen atoms in total. The van der Waals surface area contributed by atoms with Crippen molar-refractivity contribution in [1.29, 1.82) is 0 Å². The van der Waals surface area contributed by atoms with Gasteiger partial charge in [-0.15, -0.1) is 0 Å². The summed E-state index contributed by atoms with van der Waals surface area (Å²) in [5, 5.41) is 0. The lowest BCUT2D eigenvalue weighted by molar-refractivity contribution is 0.680. The van der Waals surface area contributed by atoms with E-state index in [1.807, 2.05) is 18.2 Å². The van der Waals surface area contributed by atoms with Crippen molar-refractivity contribution in [3.05, 3.63) is 69.6 Å². The van der Waals surface area contributed by atoms with Crippen molar-refractivity contribution >= 4 is 12.2 Å². The van der Waals surface area contributed by atoms with Crippen LogP contribution < -0.4 is 11.3 Å². The second kappa shape index (κ2) is 7.04. The molecule has 0 unspecified atom stereocenters. The van der Waals surface area contributed by atoms with E-state index in [1.165, 1.54) is 5.56 Å². The third kappa shape index (κ3) is 4.17. The molecule has 2 rings (SSSR count). The summed E-state index contributed by atoms with van der Waals surface area (Å²) in [7, 11) is 0. The Balaban J connectivity index is 2.13. The number of benzene rings is 1. The van der Waals surface area contributed by atoms with Crippen LogP contribution in [0.25, 0.3) is 12.2 Å². The van der Waals surface area contributed by atoms with Crippen LogP contribution in [0.1, 0.15) is 36.5 Å². The van der Waals surface area contributed by atoms with Crippen molar-refractivity contribution in [2.45, 2.75) is 26.3 Å². The minimum absolute atomic E-state index is 0.0160. The predicted molar refractivity (Wildman–Crippen MR) is 89.2 cm³/mol. The summed E-state index contributed by atoms with van der Waals surface area (Å²) in [6, 6.07) is 12.0. The van der Waals surface area contributed by atoms with E-state index < -0.39 is 0 Å². The number of hydrogen-bond donors (Lipinski definition) is 1. The lowest BCUT2D eigenvalue weighted by atomic mass is 10.0. The van der Waals surface area contributed by atoms with Gasteiger partial charge in [0.15, 0.2) is 0 Å². The lowest BCUT2D eigenvalue weighted by Crippen LogP contribution is -2.22. The maximum atomic E-state index is 11.8. The Morgan fingerprint density at radius 1 is 1.10 bits per heavy atom. The second-order valence-electron chi connectivity index (χ2n) is 5.44. The molecule has 1 aromatic heterocycles. The molecule has 0 aliphatic carbocycles. The number of nitrogens with two attached hydrogens (primary N) is 1. The van der Waals surface area contributed by atoms with Gasteiger partial charge in [0.1, 0.15) is 0 Å². The molecule has 0 saturated heterocycles. The molecule has 0 bridgehead atoms. The van der Waals surface area contributed by atoms with E-state index in [9.17, 15) is 4.79 Å². The zero-order valence-corrected chi connectivity index (χ0v) is 12.6. The fourth-order valence-corrected chi connectivity index (χ4v) is 2.14. The molecule has 1 heterocycles. The maximum absolute atomic E-state index is 11.8. The van der Waals surface area contributed by atoms with Gasteiger partial charge in [0.2, 0.25) is 0 Å². The Hall–Kier alpha value is -2.13. The average Bonchev–Trinajstić information content (AvgIpc) is 2.48. The first-order valence-corrected chi connectivity index (χ1v) is 7.29. The third-order valence-corrected chi connectivity index (χ3v) is 3.46. The molecule has 0 fully saturated rings. The fraction of sp³-hybridized carbons (Fsp3) is 0.278. The first kappa shape index (κ1) is 15.3. The minimum Gasteiger partial charge on any atom is -0.329 e. The van der Waals surface area contributed by atoms with Crippen molar-refractivity contribution in [2.75, 3.05) is 6.54 Å². The van der Waals surface area contributed by atoms with Gasteiger partial charge in [-0.1, -0.05) is 50.3 Å². The molecule has 0 aliphatic rings. The highest BCUT2D eigenvalue weighted by molar-refractivity contribution is 5.69. The van der Waals surface area contributed by atoms with Crippen molar-refractivity contribution in [2.24, 2.45) is 5.73 Å². The molecule has 110 valence electrons. The van der Waals surface area contributed by atoms with Gasteiger partial charge >= 0.3 is 0 Å². The van der Waals surface area contributed by atoms with Crippen LogP contribution in [0.2, 0.25) is 0 Å². The van der Waals surface area contributed by atoms with Gasteiger partial charge < -0.3 is 10.3 Å². The number of nitrogens with zero attached hydrogens (tertiary/aromatic N) is 1. The quantitative estimate of drug-likeness (QED) is 0.916. The van der Waals surface area contributed by atoms with E-state index in [4.69, 9.17) is 5.73 Å². The van der Waals surface area contributed by atoms with Crippen molar-refractivity contribution in [3.63, 3.8) is 0 Å². The van der Waals surface area contributed by atoms with Gasteiger partial charge in [0.25, 0.3) is 5.56 Å². The van der Waals surface area contributed by atoms with Crippen LogP contribution >= 0.6 is 0 Å². The zero-order chi connectivity index (χ0) is 15.2. The molecule has 1 aromatic carbocycles. The summed E-state index contributed by atoms with van der Waals surface area (Å²) in [5.74, 6) is 0.540. The normalized spacial score (nSPS) is 11.4. The van der Waals surface area contributed by atoms with Gasteiger partial charge in [0.05, 0.1) is 0 Å². The summed E-state index contributed by atoms with van der Waals surface area (Å²) < 4.78 is 1.62. The molecule has 0 saturated carbocycles. The van der Waals surface area contributed by atoms with E-state index >= 15 is 0 Å².